The molecule has 0 saturated heterocycles. The lowest BCUT2D eigenvalue weighted by atomic mass is 9.99. The number of hydrogen-bond donors (Lipinski definition) is 1. The van der Waals surface area contributed by atoms with Gasteiger partial charge >= 0.3 is 0 Å². The van der Waals surface area contributed by atoms with Crippen LogP contribution in [0, 0.1) is 12.8 Å². The van der Waals surface area contributed by atoms with Crippen molar-refractivity contribution in [1.29, 1.82) is 0 Å². The molecular weight excluding hydrogens is 234 g/mol. The van der Waals surface area contributed by atoms with Crippen molar-refractivity contribution >= 4 is 11.0 Å². The van der Waals surface area contributed by atoms with Crippen LogP contribution < -0.4 is 5.32 Å². The van der Waals surface area contributed by atoms with E-state index in [1.54, 1.807) is 0 Å². The zero-order valence-corrected chi connectivity index (χ0v) is 11.9. The van der Waals surface area contributed by atoms with Crippen LogP contribution >= 0.6 is 0 Å². The average molecular weight is 257 g/mol. The van der Waals surface area contributed by atoms with Crippen LogP contribution in [0.4, 0.5) is 0 Å². The fourth-order valence-corrected chi connectivity index (χ4v) is 3.33. The van der Waals surface area contributed by atoms with Gasteiger partial charge in [0.2, 0.25) is 0 Å². The van der Waals surface area contributed by atoms with E-state index < -0.39 is 0 Å². The molecule has 0 amide bonds. The molecule has 1 aliphatic rings. The standard InChI is InChI=1S/C17H23NO/c1-12(14-7-3-4-8-14)18-11-16-13(2)19-17-10-6-5-9-15(16)17/h5-6,9-10,12,14,18H,3-4,7-8,11H2,1-2H3/t12-/m0/s1. The maximum atomic E-state index is 5.82. The first-order valence-corrected chi connectivity index (χ1v) is 7.46. The third-order valence-corrected chi connectivity index (χ3v) is 4.61. The minimum Gasteiger partial charge on any atom is -0.461 e. The summed E-state index contributed by atoms with van der Waals surface area (Å²) in [5.41, 5.74) is 2.32. The van der Waals surface area contributed by atoms with Crippen LogP contribution in [0.25, 0.3) is 11.0 Å². The zero-order valence-electron chi connectivity index (χ0n) is 11.9. The number of furan rings is 1. The predicted molar refractivity (Wildman–Crippen MR) is 79.2 cm³/mol. The van der Waals surface area contributed by atoms with Gasteiger partial charge in [0.25, 0.3) is 0 Å². The highest BCUT2D eigenvalue weighted by Gasteiger charge is 2.21. The van der Waals surface area contributed by atoms with E-state index in [0.29, 0.717) is 6.04 Å². The van der Waals surface area contributed by atoms with Gasteiger partial charge in [-0.2, -0.15) is 0 Å². The molecule has 1 aromatic heterocycles. The zero-order chi connectivity index (χ0) is 13.2. The van der Waals surface area contributed by atoms with Gasteiger partial charge in [-0.25, -0.2) is 0 Å². The third kappa shape index (κ3) is 2.55. The van der Waals surface area contributed by atoms with E-state index in [1.807, 2.05) is 12.1 Å². The van der Waals surface area contributed by atoms with E-state index in [9.17, 15) is 0 Å². The summed E-state index contributed by atoms with van der Waals surface area (Å²) in [7, 11) is 0. The van der Waals surface area contributed by atoms with Gasteiger partial charge in [0.15, 0.2) is 0 Å². The van der Waals surface area contributed by atoms with Gasteiger partial charge in [0.05, 0.1) is 0 Å². The van der Waals surface area contributed by atoms with Crippen LogP contribution in [-0.2, 0) is 6.54 Å². The summed E-state index contributed by atoms with van der Waals surface area (Å²) >= 11 is 0. The Bertz CT molecular complexity index is 551. The van der Waals surface area contributed by atoms with Crippen molar-refractivity contribution in [3.8, 4) is 0 Å². The average Bonchev–Trinajstić information content (AvgIpc) is 3.03. The number of benzene rings is 1. The summed E-state index contributed by atoms with van der Waals surface area (Å²) in [6.07, 6.45) is 5.59. The second-order valence-corrected chi connectivity index (χ2v) is 5.85. The molecule has 1 saturated carbocycles. The van der Waals surface area contributed by atoms with Gasteiger partial charge in [-0.15, -0.1) is 0 Å². The van der Waals surface area contributed by atoms with Crippen LogP contribution in [0.1, 0.15) is 43.9 Å². The topological polar surface area (TPSA) is 25.2 Å². The molecule has 0 bridgehead atoms. The Morgan fingerprint density at radius 3 is 2.79 bits per heavy atom. The molecule has 19 heavy (non-hydrogen) atoms. The molecule has 3 rings (SSSR count). The molecule has 0 spiro atoms. The predicted octanol–water partition coefficient (Wildman–Crippen LogP) is 4.41. The Hall–Kier alpha value is -1.28. The first-order valence-electron chi connectivity index (χ1n) is 7.46. The van der Waals surface area contributed by atoms with E-state index in [2.05, 4.69) is 31.3 Å². The van der Waals surface area contributed by atoms with Crippen molar-refractivity contribution in [2.75, 3.05) is 0 Å². The Labute approximate surface area is 115 Å². The quantitative estimate of drug-likeness (QED) is 0.877. The Morgan fingerprint density at radius 2 is 2.00 bits per heavy atom. The largest absolute Gasteiger partial charge is 0.461 e. The normalized spacial score (nSPS) is 18.2. The lowest BCUT2D eigenvalue weighted by molar-refractivity contribution is 0.379. The molecule has 2 aromatic rings. The van der Waals surface area contributed by atoms with Crippen LogP contribution in [0.15, 0.2) is 28.7 Å². The molecule has 0 radical (unpaired) electrons. The molecule has 1 fully saturated rings. The van der Waals surface area contributed by atoms with Gasteiger partial charge < -0.3 is 9.73 Å². The second kappa shape index (κ2) is 5.38. The van der Waals surface area contributed by atoms with Gasteiger partial charge in [-0.05, 0) is 38.7 Å². The fraction of sp³-hybridized carbons (Fsp3) is 0.529. The van der Waals surface area contributed by atoms with Crippen molar-refractivity contribution < 1.29 is 4.42 Å². The molecule has 2 nitrogen and oxygen atoms in total. The number of fused-ring (bicyclic) bond motifs is 1. The van der Waals surface area contributed by atoms with Crippen molar-refractivity contribution in [2.24, 2.45) is 5.92 Å². The number of hydrogen-bond acceptors (Lipinski definition) is 2. The molecule has 0 aliphatic heterocycles. The molecule has 1 aliphatic carbocycles. The van der Waals surface area contributed by atoms with Gasteiger partial charge in [-0.3, -0.25) is 0 Å². The summed E-state index contributed by atoms with van der Waals surface area (Å²) < 4.78 is 5.82. The highest BCUT2D eigenvalue weighted by molar-refractivity contribution is 5.82. The van der Waals surface area contributed by atoms with Gasteiger partial charge in [0.1, 0.15) is 11.3 Å². The smallest absolute Gasteiger partial charge is 0.134 e. The molecule has 1 aromatic carbocycles. The Balaban J connectivity index is 1.72. The molecule has 1 atom stereocenters. The van der Waals surface area contributed by atoms with E-state index in [-0.39, 0.29) is 0 Å². The van der Waals surface area contributed by atoms with E-state index in [4.69, 9.17) is 4.42 Å². The van der Waals surface area contributed by atoms with Crippen LogP contribution in [0.5, 0.6) is 0 Å². The van der Waals surface area contributed by atoms with Crippen molar-refractivity contribution in [2.45, 2.75) is 52.1 Å². The molecule has 1 N–H and O–H groups in total. The Kier molecular flexibility index (Phi) is 3.61. The maximum absolute atomic E-state index is 5.82. The molecule has 102 valence electrons. The molecule has 0 unspecified atom stereocenters. The number of para-hydroxylation sites is 1. The molecule has 1 heterocycles. The van der Waals surface area contributed by atoms with E-state index >= 15 is 0 Å². The summed E-state index contributed by atoms with van der Waals surface area (Å²) in [5, 5.41) is 4.96. The van der Waals surface area contributed by atoms with Crippen molar-refractivity contribution in [3.05, 3.63) is 35.6 Å². The summed E-state index contributed by atoms with van der Waals surface area (Å²) in [4.78, 5) is 0. The SMILES string of the molecule is Cc1oc2ccccc2c1CN[C@@H](C)C1CCCC1. The van der Waals surface area contributed by atoms with Crippen LogP contribution in [0.2, 0.25) is 0 Å². The maximum Gasteiger partial charge on any atom is 0.134 e. The number of nitrogens with one attached hydrogen (secondary N) is 1. The third-order valence-electron chi connectivity index (χ3n) is 4.61. The molecule has 2 heteroatoms. The van der Waals surface area contributed by atoms with Crippen LogP contribution in [-0.4, -0.2) is 6.04 Å². The number of aryl methyl sites for hydroxylation is 1. The Morgan fingerprint density at radius 1 is 1.26 bits per heavy atom. The van der Waals surface area contributed by atoms with Crippen molar-refractivity contribution in [1.82, 2.24) is 5.32 Å². The minimum absolute atomic E-state index is 0.607. The van der Waals surface area contributed by atoms with Crippen molar-refractivity contribution in [3.63, 3.8) is 0 Å². The van der Waals surface area contributed by atoms with Gasteiger partial charge in [0, 0.05) is 23.5 Å². The van der Waals surface area contributed by atoms with Gasteiger partial charge in [-0.1, -0.05) is 31.0 Å². The van der Waals surface area contributed by atoms with E-state index in [1.165, 1.54) is 36.6 Å². The summed E-state index contributed by atoms with van der Waals surface area (Å²) in [6, 6.07) is 8.93. The first kappa shape index (κ1) is 12.7. The first-order chi connectivity index (χ1) is 9.25. The van der Waals surface area contributed by atoms with E-state index in [0.717, 1.165) is 23.8 Å². The number of rotatable bonds is 4. The summed E-state index contributed by atoms with van der Waals surface area (Å²) in [5.74, 6) is 1.91. The minimum atomic E-state index is 0.607. The van der Waals surface area contributed by atoms with Crippen LogP contribution in [0.3, 0.4) is 0 Å². The molecular formula is C17H23NO. The monoisotopic (exact) mass is 257 g/mol. The lowest BCUT2D eigenvalue weighted by Crippen LogP contribution is -2.31. The lowest BCUT2D eigenvalue weighted by Gasteiger charge is -2.20. The fourth-order valence-electron chi connectivity index (χ4n) is 3.33. The second-order valence-electron chi connectivity index (χ2n) is 5.85. The highest BCUT2D eigenvalue weighted by Crippen LogP contribution is 2.29. The summed E-state index contributed by atoms with van der Waals surface area (Å²) in [6.45, 7) is 5.31. The highest BCUT2D eigenvalue weighted by atomic mass is 16.3.